The second-order valence-electron chi connectivity index (χ2n) is 14.8. The lowest BCUT2D eigenvalue weighted by molar-refractivity contribution is -0.284. The first kappa shape index (κ1) is 34.2. The van der Waals surface area contributed by atoms with Crippen LogP contribution in [0.3, 0.4) is 0 Å². The molecular weight excluding hydrogens is 567 g/mol. The van der Waals surface area contributed by atoms with E-state index in [0.29, 0.717) is 41.6 Å². The van der Waals surface area contributed by atoms with Gasteiger partial charge in [0.2, 0.25) is 0 Å². The molecule has 0 aromatic heterocycles. The smallest absolute Gasteiger partial charge is 0.390 e. The first-order valence-corrected chi connectivity index (χ1v) is 17.8. The third-order valence-electron chi connectivity index (χ3n) is 12.3. The summed E-state index contributed by atoms with van der Waals surface area (Å²) in [6, 6.07) is 0. The zero-order chi connectivity index (χ0) is 30.8. The predicted octanol–water partition coefficient (Wildman–Crippen LogP) is 10.3. The normalized spacial score (nSPS) is 36.8. The highest BCUT2D eigenvalue weighted by molar-refractivity contribution is 7.99. The lowest BCUT2D eigenvalue weighted by Crippen LogP contribution is -2.56. The first-order chi connectivity index (χ1) is 19.6. The van der Waals surface area contributed by atoms with Gasteiger partial charge in [-0.25, -0.2) is 0 Å². The SMILES string of the molecule is C[C@]12CCC(=O)C=C1CC(CCCCCCCCCSCCCC(F)(F)C(F)(F)F)C1C2CC[C@@]2(C)C1CC[C@]2(C)O. The Morgan fingerprint density at radius 1 is 0.857 bits per heavy atom. The molecule has 8 heteroatoms. The summed E-state index contributed by atoms with van der Waals surface area (Å²) in [5, 5.41) is 11.4. The third kappa shape index (κ3) is 7.10. The molecule has 0 heterocycles. The number of hydrogen-bond acceptors (Lipinski definition) is 3. The van der Waals surface area contributed by atoms with Gasteiger partial charge in [-0.1, -0.05) is 57.9 Å². The van der Waals surface area contributed by atoms with E-state index in [0.717, 1.165) is 63.5 Å². The van der Waals surface area contributed by atoms with Crippen molar-refractivity contribution in [2.75, 3.05) is 11.5 Å². The number of alkyl halides is 5. The molecule has 3 fully saturated rings. The number of fused-ring (bicyclic) bond motifs is 5. The van der Waals surface area contributed by atoms with Gasteiger partial charge < -0.3 is 5.11 Å². The van der Waals surface area contributed by atoms with Crippen molar-refractivity contribution in [1.29, 1.82) is 0 Å². The van der Waals surface area contributed by atoms with Gasteiger partial charge in [0.05, 0.1) is 5.60 Å². The molecule has 0 amide bonds. The molecule has 4 unspecified atom stereocenters. The molecule has 42 heavy (non-hydrogen) atoms. The minimum absolute atomic E-state index is 0.0130. The van der Waals surface area contributed by atoms with Gasteiger partial charge in [0.15, 0.2) is 5.78 Å². The summed E-state index contributed by atoms with van der Waals surface area (Å²) in [6.07, 6.45) is 11.4. The molecule has 1 N–H and O–H groups in total. The van der Waals surface area contributed by atoms with Crippen LogP contribution in [0.4, 0.5) is 22.0 Å². The summed E-state index contributed by atoms with van der Waals surface area (Å²) >= 11 is 1.47. The van der Waals surface area contributed by atoms with Crippen LogP contribution in [-0.4, -0.2) is 40.1 Å². The molecule has 0 saturated heterocycles. The molecule has 2 nitrogen and oxygen atoms in total. The van der Waals surface area contributed by atoms with Gasteiger partial charge in [-0.3, -0.25) is 4.79 Å². The number of carbonyl (C=O) groups excluding carboxylic acids is 1. The second kappa shape index (κ2) is 13.4. The maximum absolute atomic E-state index is 12.9. The number of hydrogen-bond donors (Lipinski definition) is 1. The number of halogens is 5. The molecule has 0 aromatic carbocycles. The van der Waals surface area contributed by atoms with Crippen LogP contribution in [-0.2, 0) is 4.79 Å². The Morgan fingerprint density at radius 3 is 2.17 bits per heavy atom. The van der Waals surface area contributed by atoms with Gasteiger partial charge >= 0.3 is 12.1 Å². The van der Waals surface area contributed by atoms with Gasteiger partial charge in [-0.2, -0.15) is 33.7 Å². The van der Waals surface area contributed by atoms with Crippen LogP contribution in [0.2, 0.25) is 0 Å². The van der Waals surface area contributed by atoms with Crippen LogP contribution < -0.4 is 0 Å². The standard InChI is InChI=1S/C34H53F5O2S/c1-30-17-13-26(40)23-25(30)22-24(29-27(30)14-18-31(2)28(29)15-19-32(31,3)41)12-9-7-5-4-6-8-10-20-42-21-11-16-33(35,36)34(37,38)39/h23-24,27-29,41H,4-22H2,1-3H3/t24?,27?,28?,29?,30-,31-,32-/m0/s1. The Bertz CT molecular complexity index is 962. The zero-order valence-corrected chi connectivity index (χ0v) is 26.8. The average Bonchev–Trinajstić information content (AvgIpc) is 3.15. The largest absolute Gasteiger partial charge is 0.453 e. The molecular formula is C34H53F5O2S. The maximum atomic E-state index is 12.9. The van der Waals surface area contributed by atoms with E-state index >= 15 is 0 Å². The number of unbranched alkanes of at least 4 members (excludes halogenated alkanes) is 6. The molecule has 4 aliphatic carbocycles. The molecule has 242 valence electrons. The number of thioether (sulfide) groups is 1. The Labute approximate surface area is 254 Å². The van der Waals surface area contributed by atoms with E-state index in [2.05, 4.69) is 20.8 Å². The van der Waals surface area contributed by atoms with E-state index in [-0.39, 0.29) is 17.3 Å². The number of ketones is 1. The van der Waals surface area contributed by atoms with Gasteiger partial charge in [0.1, 0.15) is 0 Å². The molecule has 3 saturated carbocycles. The van der Waals surface area contributed by atoms with E-state index in [1.54, 1.807) is 0 Å². The quantitative estimate of drug-likeness (QED) is 0.155. The van der Waals surface area contributed by atoms with Crippen molar-refractivity contribution in [2.24, 2.45) is 34.5 Å². The van der Waals surface area contributed by atoms with Crippen LogP contribution >= 0.6 is 11.8 Å². The van der Waals surface area contributed by atoms with Crippen molar-refractivity contribution in [2.45, 2.75) is 148 Å². The predicted molar refractivity (Wildman–Crippen MR) is 161 cm³/mol. The highest BCUT2D eigenvalue weighted by atomic mass is 32.2. The number of carbonyl (C=O) groups is 1. The summed E-state index contributed by atoms with van der Waals surface area (Å²) in [4.78, 5) is 12.4. The summed E-state index contributed by atoms with van der Waals surface area (Å²) in [6.45, 7) is 6.84. The van der Waals surface area contributed by atoms with Crippen molar-refractivity contribution < 1.29 is 31.9 Å². The summed E-state index contributed by atoms with van der Waals surface area (Å²) in [5.74, 6) is -0.730. The molecule has 0 radical (unpaired) electrons. The Hall–Kier alpha value is -0.630. The molecule has 7 atom stereocenters. The topological polar surface area (TPSA) is 37.3 Å². The fraction of sp³-hybridized carbons (Fsp3) is 0.912. The monoisotopic (exact) mass is 620 g/mol. The maximum Gasteiger partial charge on any atom is 0.453 e. The van der Waals surface area contributed by atoms with Crippen LogP contribution in [0.5, 0.6) is 0 Å². The third-order valence-corrected chi connectivity index (χ3v) is 13.4. The summed E-state index contributed by atoms with van der Waals surface area (Å²) in [7, 11) is 0. The summed E-state index contributed by atoms with van der Waals surface area (Å²) < 4.78 is 62.5. The van der Waals surface area contributed by atoms with Crippen molar-refractivity contribution in [3.63, 3.8) is 0 Å². The van der Waals surface area contributed by atoms with Gasteiger partial charge in [0.25, 0.3) is 0 Å². The molecule has 0 spiro atoms. The molecule has 0 bridgehead atoms. The van der Waals surface area contributed by atoms with E-state index in [9.17, 15) is 31.9 Å². The van der Waals surface area contributed by atoms with E-state index in [4.69, 9.17) is 0 Å². The summed E-state index contributed by atoms with van der Waals surface area (Å²) in [5.41, 5.74) is 0.941. The highest BCUT2D eigenvalue weighted by Gasteiger charge is 2.64. The molecule has 0 aliphatic heterocycles. The van der Waals surface area contributed by atoms with Gasteiger partial charge in [-0.05, 0) is 117 Å². The van der Waals surface area contributed by atoms with Gasteiger partial charge in [-0.15, -0.1) is 0 Å². The highest BCUT2D eigenvalue weighted by Crippen LogP contribution is 2.69. The van der Waals surface area contributed by atoms with Crippen LogP contribution in [0.1, 0.15) is 130 Å². The fourth-order valence-corrected chi connectivity index (χ4v) is 10.3. The van der Waals surface area contributed by atoms with Crippen LogP contribution in [0.15, 0.2) is 11.6 Å². The number of rotatable bonds is 14. The van der Waals surface area contributed by atoms with E-state index in [1.807, 2.05) is 6.08 Å². The average molecular weight is 621 g/mol. The lowest BCUT2D eigenvalue weighted by Gasteiger charge is -2.61. The van der Waals surface area contributed by atoms with Crippen molar-refractivity contribution in [1.82, 2.24) is 0 Å². The molecule has 4 rings (SSSR count). The van der Waals surface area contributed by atoms with E-state index in [1.165, 1.54) is 49.4 Å². The Morgan fingerprint density at radius 2 is 1.48 bits per heavy atom. The Balaban J connectivity index is 1.17. The minimum atomic E-state index is -5.44. The second-order valence-corrected chi connectivity index (χ2v) is 16.0. The number of aliphatic hydroxyl groups is 1. The van der Waals surface area contributed by atoms with Gasteiger partial charge in [0, 0.05) is 12.8 Å². The van der Waals surface area contributed by atoms with Crippen LogP contribution in [0, 0.1) is 34.5 Å². The minimum Gasteiger partial charge on any atom is -0.390 e. The Kier molecular flexibility index (Phi) is 10.9. The van der Waals surface area contributed by atoms with E-state index < -0.39 is 24.1 Å². The lowest BCUT2D eigenvalue weighted by atomic mass is 9.44. The molecule has 0 aromatic rings. The number of allylic oxidation sites excluding steroid dienone is 1. The zero-order valence-electron chi connectivity index (χ0n) is 26.0. The van der Waals surface area contributed by atoms with Crippen molar-refractivity contribution in [3.05, 3.63) is 11.6 Å². The van der Waals surface area contributed by atoms with Crippen LogP contribution in [0.25, 0.3) is 0 Å². The first-order valence-electron chi connectivity index (χ1n) is 16.6. The fourth-order valence-electron chi connectivity index (χ4n) is 9.38. The van der Waals surface area contributed by atoms with Crippen molar-refractivity contribution >= 4 is 17.5 Å². The van der Waals surface area contributed by atoms with Crippen molar-refractivity contribution in [3.8, 4) is 0 Å². The molecule has 4 aliphatic rings.